The van der Waals surface area contributed by atoms with Crippen molar-refractivity contribution in [2.24, 2.45) is 5.73 Å². The molecule has 1 aromatic rings. The number of ether oxygens (including phenoxy) is 1. The maximum absolute atomic E-state index is 6.02. The number of methoxy groups -OCH3 is 1. The van der Waals surface area contributed by atoms with E-state index in [9.17, 15) is 0 Å². The summed E-state index contributed by atoms with van der Waals surface area (Å²) in [5.41, 5.74) is 7.06. The molecule has 0 aliphatic heterocycles. The lowest BCUT2D eigenvalue weighted by Crippen LogP contribution is -2.11. The number of nitrogens with one attached hydrogen (secondary N) is 1. The van der Waals surface area contributed by atoms with Crippen LogP contribution in [0.4, 0.5) is 0 Å². The van der Waals surface area contributed by atoms with Crippen molar-refractivity contribution in [1.82, 2.24) is 5.32 Å². The van der Waals surface area contributed by atoms with Crippen LogP contribution in [0, 0.1) is 0 Å². The minimum atomic E-state index is -0.150. The second kappa shape index (κ2) is 5.78. The van der Waals surface area contributed by atoms with Crippen LogP contribution in [0.3, 0.4) is 0 Å². The Bertz CT molecular complexity index is 335. The first-order valence-electron chi connectivity index (χ1n) is 4.61. The average Bonchev–Trinajstić information content (AvgIpc) is 2.28. The summed E-state index contributed by atoms with van der Waals surface area (Å²) in [7, 11) is 3.48. The number of hydrogen-bond donors (Lipinski definition) is 2. The highest BCUT2D eigenvalue weighted by molar-refractivity contribution is 9.11. The summed E-state index contributed by atoms with van der Waals surface area (Å²) in [5.74, 6) is 0.833. The topological polar surface area (TPSA) is 47.3 Å². The van der Waals surface area contributed by atoms with Crippen LogP contribution in [-0.4, -0.2) is 14.2 Å². The predicted octanol–water partition coefficient (Wildman–Crippen LogP) is 2.15. The Morgan fingerprint density at radius 3 is 2.53 bits per heavy atom. The van der Waals surface area contributed by atoms with Crippen molar-refractivity contribution in [1.29, 1.82) is 0 Å². The lowest BCUT2D eigenvalue weighted by molar-refractivity contribution is 0.414. The number of nitrogens with two attached hydrogens (primary N) is 1. The monoisotopic (exact) mass is 270 g/mol. The summed E-state index contributed by atoms with van der Waals surface area (Å²) in [4.78, 5) is 0. The van der Waals surface area contributed by atoms with E-state index >= 15 is 0 Å². The molecule has 1 rings (SSSR count). The summed E-state index contributed by atoms with van der Waals surface area (Å²) in [6.45, 7) is 0. The second-order valence-corrected chi connectivity index (χ2v) is 3.98. The summed E-state index contributed by atoms with van der Waals surface area (Å²) >= 11 is 3.42. The average molecular weight is 271 g/mol. The van der Waals surface area contributed by atoms with Crippen molar-refractivity contribution in [2.75, 3.05) is 14.2 Å². The zero-order valence-electron chi connectivity index (χ0n) is 8.83. The fraction of sp³-hybridized carbons (Fsp3) is 0.273. The lowest BCUT2D eigenvalue weighted by Gasteiger charge is -2.11. The van der Waals surface area contributed by atoms with Crippen molar-refractivity contribution in [3.8, 4) is 5.75 Å². The summed E-state index contributed by atoms with van der Waals surface area (Å²) in [5, 5.41) is 2.93. The van der Waals surface area contributed by atoms with Gasteiger partial charge in [-0.3, -0.25) is 0 Å². The van der Waals surface area contributed by atoms with Crippen molar-refractivity contribution in [2.45, 2.75) is 6.04 Å². The molecule has 3 N–H and O–H groups in total. The van der Waals surface area contributed by atoms with Gasteiger partial charge in [-0.2, -0.15) is 0 Å². The molecule has 0 amide bonds. The molecule has 0 saturated carbocycles. The summed E-state index contributed by atoms with van der Waals surface area (Å²) in [6.07, 6.45) is 1.83. The van der Waals surface area contributed by atoms with E-state index in [0.29, 0.717) is 0 Å². The third-order valence-corrected chi connectivity index (χ3v) is 2.78. The van der Waals surface area contributed by atoms with Gasteiger partial charge in [-0.25, -0.2) is 0 Å². The van der Waals surface area contributed by atoms with Gasteiger partial charge in [0, 0.05) is 17.7 Å². The number of hydrogen-bond acceptors (Lipinski definition) is 3. The Balaban J connectivity index is 2.82. The third kappa shape index (κ3) is 3.25. The summed E-state index contributed by atoms with van der Waals surface area (Å²) < 4.78 is 5.99. The molecule has 0 aromatic heterocycles. The highest BCUT2D eigenvalue weighted by Gasteiger charge is 2.08. The van der Waals surface area contributed by atoms with Gasteiger partial charge >= 0.3 is 0 Å². The minimum absolute atomic E-state index is 0.150. The molecule has 4 heteroatoms. The van der Waals surface area contributed by atoms with Crippen LogP contribution in [-0.2, 0) is 0 Å². The molecule has 0 radical (unpaired) electrons. The van der Waals surface area contributed by atoms with Crippen molar-refractivity contribution < 1.29 is 4.74 Å². The van der Waals surface area contributed by atoms with Gasteiger partial charge in [0.05, 0.1) is 13.2 Å². The van der Waals surface area contributed by atoms with Gasteiger partial charge in [0.1, 0.15) is 5.75 Å². The molecule has 1 atom stereocenters. The number of benzene rings is 1. The van der Waals surface area contributed by atoms with Gasteiger partial charge in [0.25, 0.3) is 0 Å². The van der Waals surface area contributed by atoms with Crippen LogP contribution in [0.15, 0.2) is 34.9 Å². The summed E-state index contributed by atoms with van der Waals surface area (Å²) in [6, 6.07) is 7.55. The minimum Gasteiger partial charge on any atom is -0.497 e. The second-order valence-electron chi connectivity index (χ2n) is 3.07. The highest BCUT2D eigenvalue weighted by Crippen LogP contribution is 2.24. The first-order valence-corrected chi connectivity index (χ1v) is 5.40. The molecule has 0 heterocycles. The fourth-order valence-electron chi connectivity index (χ4n) is 1.20. The molecule has 15 heavy (non-hydrogen) atoms. The van der Waals surface area contributed by atoms with E-state index in [4.69, 9.17) is 10.5 Å². The largest absolute Gasteiger partial charge is 0.497 e. The fourth-order valence-corrected chi connectivity index (χ4v) is 1.69. The molecule has 0 fully saturated rings. The molecular weight excluding hydrogens is 256 g/mol. The van der Waals surface area contributed by atoms with Gasteiger partial charge in [0.2, 0.25) is 0 Å². The van der Waals surface area contributed by atoms with Gasteiger partial charge in [-0.05, 0) is 17.7 Å². The van der Waals surface area contributed by atoms with E-state index in [1.165, 1.54) is 0 Å². The van der Waals surface area contributed by atoms with Crippen LogP contribution >= 0.6 is 15.9 Å². The molecule has 0 spiro atoms. The molecule has 3 nitrogen and oxygen atoms in total. The van der Waals surface area contributed by atoms with E-state index < -0.39 is 0 Å². The first-order chi connectivity index (χ1) is 7.19. The van der Waals surface area contributed by atoms with E-state index in [1.54, 1.807) is 7.11 Å². The van der Waals surface area contributed by atoms with Crippen LogP contribution < -0.4 is 15.8 Å². The van der Waals surface area contributed by atoms with Crippen molar-refractivity contribution in [3.63, 3.8) is 0 Å². The highest BCUT2D eigenvalue weighted by atomic mass is 79.9. The maximum Gasteiger partial charge on any atom is 0.118 e. The molecule has 0 aliphatic rings. The normalized spacial score (nSPS) is 13.5. The van der Waals surface area contributed by atoms with Crippen LogP contribution in [0.5, 0.6) is 5.75 Å². The molecule has 1 aromatic carbocycles. The van der Waals surface area contributed by atoms with Crippen LogP contribution in [0.1, 0.15) is 11.6 Å². The maximum atomic E-state index is 6.02. The quantitative estimate of drug-likeness (QED) is 0.882. The van der Waals surface area contributed by atoms with Crippen LogP contribution in [0.2, 0.25) is 0 Å². The van der Waals surface area contributed by atoms with Crippen molar-refractivity contribution >= 4 is 15.9 Å². The van der Waals surface area contributed by atoms with E-state index in [2.05, 4.69) is 21.2 Å². The molecule has 0 bridgehead atoms. The number of rotatable bonds is 4. The Labute approximate surface area is 98.4 Å². The Kier molecular flexibility index (Phi) is 4.65. The van der Waals surface area contributed by atoms with Gasteiger partial charge < -0.3 is 15.8 Å². The molecular formula is C11H15BrN2O. The molecule has 0 saturated heterocycles. The van der Waals surface area contributed by atoms with Crippen molar-refractivity contribution in [3.05, 3.63) is 40.5 Å². The van der Waals surface area contributed by atoms with E-state index in [0.717, 1.165) is 15.8 Å². The lowest BCUT2D eigenvalue weighted by atomic mass is 10.1. The SMILES string of the molecule is CN/C=C(/Br)C(N)c1ccc(OC)cc1. The molecule has 0 aliphatic carbocycles. The zero-order valence-corrected chi connectivity index (χ0v) is 10.4. The van der Waals surface area contributed by atoms with Crippen LogP contribution in [0.25, 0.3) is 0 Å². The predicted molar refractivity (Wildman–Crippen MR) is 66.0 cm³/mol. The van der Waals surface area contributed by atoms with Gasteiger partial charge in [0.15, 0.2) is 0 Å². The molecule has 82 valence electrons. The smallest absolute Gasteiger partial charge is 0.118 e. The van der Waals surface area contributed by atoms with Gasteiger partial charge in [-0.15, -0.1) is 0 Å². The van der Waals surface area contributed by atoms with E-state index in [-0.39, 0.29) is 6.04 Å². The third-order valence-electron chi connectivity index (χ3n) is 2.05. The zero-order chi connectivity index (χ0) is 11.3. The molecule has 1 unspecified atom stereocenters. The number of halogens is 1. The Hall–Kier alpha value is -1.00. The Morgan fingerprint density at radius 1 is 1.47 bits per heavy atom. The van der Waals surface area contributed by atoms with Gasteiger partial charge in [-0.1, -0.05) is 28.1 Å². The Morgan fingerprint density at radius 2 is 2.07 bits per heavy atom. The van der Waals surface area contributed by atoms with E-state index in [1.807, 2.05) is 37.5 Å². The standard InChI is InChI=1S/C11H15BrN2O/c1-14-7-10(12)11(13)8-3-5-9(15-2)6-4-8/h3-7,11,14H,13H2,1-2H3/b10-7+. The first kappa shape index (κ1) is 12.1.